The Kier molecular flexibility index (Phi) is 5.22. The number of rotatable bonds is 5. The standard InChI is InChI=1S/C12H15ClFNO2/c1-3-17-11-5-4-9(8-10(11)14)15(2)12(16)6-7-13/h4-5,8H,3,6-7H2,1-2H3. The van der Waals surface area contributed by atoms with Gasteiger partial charge in [0.25, 0.3) is 0 Å². The lowest BCUT2D eigenvalue weighted by Gasteiger charge is -2.17. The van der Waals surface area contributed by atoms with Crippen LogP contribution in [0.3, 0.4) is 0 Å². The average Bonchev–Trinajstić information content (AvgIpc) is 2.31. The first-order chi connectivity index (χ1) is 8.10. The van der Waals surface area contributed by atoms with Crippen molar-refractivity contribution < 1.29 is 13.9 Å². The normalized spacial score (nSPS) is 10.1. The third-order valence-corrected chi connectivity index (χ3v) is 2.47. The number of ether oxygens (including phenoxy) is 1. The molecule has 0 saturated carbocycles. The molecular weight excluding hydrogens is 245 g/mol. The second-order valence-electron chi connectivity index (χ2n) is 3.44. The smallest absolute Gasteiger partial charge is 0.227 e. The number of nitrogens with zero attached hydrogens (tertiary/aromatic N) is 1. The molecule has 0 atom stereocenters. The van der Waals surface area contributed by atoms with Crippen molar-refractivity contribution in [2.24, 2.45) is 0 Å². The second-order valence-corrected chi connectivity index (χ2v) is 3.82. The molecule has 0 heterocycles. The van der Waals surface area contributed by atoms with Gasteiger partial charge in [0.2, 0.25) is 5.91 Å². The molecule has 0 saturated heterocycles. The number of carbonyl (C=O) groups excluding carboxylic acids is 1. The Labute approximate surface area is 105 Å². The van der Waals surface area contributed by atoms with Gasteiger partial charge in [0.1, 0.15) is 0 Å². The molecule has 17 heavy (non-hydrogen) atoms. The highest BCUT2D eigenvalue weighted by Gasteiger charge is 2.12. The number of halogens is 2. The van der Waals surface area contributed by atoms with Crippen LogP contribution in [-0.4, -0.2) is 25.4 Å². The molecular formula is C12H15ClFNO2. The van der Waals surface area contributed by atoms with Crippen molar-refractivity contribution in [3.05, 3.63) is 24.0 Å². The van der Waals surface area contributed by atoms with Gasteiger partial charge in [0, 0.05) is 31.1 Å². The van der Waals surface area contributed by atoms with E-state index in [0.717, 1.165) is 0 Å². The quantitative estimate of drug-likeness (QED) is 0.761. The Bertz CT molecular complexity index is 398. The first-order valence-corrected chi connectivity index (χ1v) is 5.88. The van der Waals surface area contributed by atoms with Gasteiger partial charge in [-0.15, -0.1) is 11.6 Å². The molecule has 1 aromatic rings. The summed E-state index contributed by atoms with van der Waals surface area (Å²) < 4.78 is 18.6. The first-order valence-electron chi connectivity index (χ1n) is 5.35. The topological polar surface area (TPSA) is 29.5 Å². The maximum absolute atomic E-state index is 13.6. The van der Waals surface area contributed by atoms with Gasteiger partial charge in [-0.25, -0.2) is 4.39 Å². The van der Waals surface area contributed by atoms with Gasteiger partial charge in [-0.05, 0) is 19.1 Å². The van der Waals surface area contributed by atoms with Crippen LogP contribution >= 0.6 is 11.6 Å². The molecule has 0 aromatic heterocycles. The molecule has 0 aliphatic heterocycles. The number of hydrogen-bond donors (Lipinski definition) is 0. The Morgan fingerprint density at radius 1 is 1.53 bits per heavy atom. The predicted octanol–water partition coefficient (Wildman–Crippen LogP) is 2.82. The molecule has 0 radical (unpaired) electrons. The predicted molar refractivity (Wildman–Crippen MR) is 66.3 cm³/mol. The average molecular weight is 260 g/mol. The fourth-order valence-electron chi connectivity index (χ4n) is 1.36. The largest absolute Gasteiger partial charge is 0.491 e. The third kappa shape index (κ3) is 3.60. The Balaban J connectivity index is 2.85. The molecule has 1 rings (SSSR count). The zero-order valence-electron chi connectivity index (χ0n) is 9.87. The lowest BCUT2D eigenvalue weighted by atomic mass is 10.2. The highest BCUT2D eigenvalue weighted by atomic mass is 35.5. The van der Waals surface area contributed by atoms with E-state index in [1.54, 1.807) is 20.0 Å². The molecule has 0 unspecified atom stereocenters. The van der Waals surface area contributed by atoms with E-state index < -0.39 is 5.82 Å². The minimum absolute atomic E-state index is 0.149. The zero-order valence-corrected chi connectivity index (χ0v) is 10.6. The van der Waals surface area contributed by atoms with Gasteiger partial charge in [0.05, 0.1) is 6.61 Å². The van der Waals surface area contributed by atoms with Gasteiger partial charge >= 0.3 is 0 Å². The summed E-state index contributed by atoms with van der Waals surface area (Å²) in [6, 6.07) is 4.43. The van der Waals surface area contributed by atoms with Crippen LogP contribution < -0.4 is 9.64 Å². The molecule has 94 valence electrons. The lowest BCUT2D eigenvalue weighted by molar-refractivity contribution is -0.117. The fourth-order valence-corrected chi connectivity index (χ4v) is 1.53. The summed E-state index contributed by atoms with van der Waals surface area (Å²) in [5, 5.41) is 0. The van der Waals surface area contributed by atoms with Crippen LogP contribution in [0.1, 0.15) is 13.3 Å². The number of alkyl halides is 1. The van der Waals surface area contributed by atoms with Gasteiger partial charge < -0.3 is 9.64 Å². The van der Waals surface area contributed by atoms with Gasteiger partial charge in [-0.3, -0.25) is 4.79 Å². The van der Waals surface area contributed by atoms with Crippen molar-refractivity contribution in [2.45, 2.75) is 13.3 Å². The van der Waals surface area contributed by atoms with E-state index in [2.05, 4.69) is 0 Å². The van der Waals surface area contributed by atoms with Crippen molar-refractivity contribution in [1.82, 2.24) is 0 Å². The van der Waals surface area contributed by atoms with E-state index in [9.17, 15) is 9.18 Å². The van der Waals surface area contributed by atoms with Crippen molar-refractivity contribution in [1.29, 1.82) is 0 Å². The molecule has 1 aromatic carbocycles. The van der Waals surface area contributed by atoms with Crippen molar-refractivity contribution in [2.75, 3.05) is 24.4 Å². The summed E-state index contributed by atoms with van der Waals surface area (Å²) in [6.07, 6.45) is 0.229. The summed E-state index contributed by atoms with van der Waals surface area (Å²) >= 11 is 5.48. The van der Waals surface area contributed by atoms with E-state index in [1.165, 1.54) is 17.0 Å². The molecule has 0 aliphatic carbocycles. The van der Waals surface area contributed by atoms with Crippen LogP contribution in [-0.2, 0) is 4.79 Å². The van der Waals surface area contributed by atoms with E-state index in [0.29, 0.717) is 12.3 Å². The summed E-state index contributed by atoms with van der Waals surface area (Å²) in [7, 11) is 1.59. The molecule has 0 N–H and O–H groups in total. The SMILES string of the molecule is CCOc1ccc(N(C)C(=O)CCCl)cc1F. The van der Waals surface area contributed by atoms with Crippen LogP contribution in [0.15, 0.2) is 18.2 Å². The molecule has 0 aliphatic rings. The van der Waals surface area contributed by atoms with E-state index >= 15 is 0 Å². The van der Waals surface area contributed by atoms with Crippen LogP contribution in [0.25, 0.3) is 0 Å². The lowest BCUT2D eigenvalue weighted by Crippen LogP contribution is -2.26. The minimum atomic E-state index is -0.477. The second kappa shape index (κ2) is 6.45. The van der Waals surface area contributed by atoms with Gasteiger partial charge in [0.15, 0.2) is 11.6 Å². The summed E-state index contributed by atoms with van der Waals surface area (Å²) in [5.41, 5.74) is 0.487. The summed E-state index contributed by atoms with van der Waals surface area (Å²) in [5.74, 6) is -0.184. The highest BCUT2D eigenvalue weighted by molar-refractivity contribution is 6.19. The summed E-state index contributed by atoms with van der Waals surface area (Å²) in [6.45, 7) is 2.18. The Hall–Kier alpha value is -1.29. The van der Waals surface area contributed by atoms with Crippen molar-refractivity contribution in [3.63, 3.8) is 0 Å². The Morgan fingerprint density at radius 2 is 2.24 bits per heavy atom. The first kappa shape index (κ1) is 13.8. The van der Waals surface area contributed by atoms with Crippen molar-refractivity contribution in [3.8, 4) is 5.75 Å². The maximum atomic E-state index is 13.6. The molecule has 0 spiro atoms. The van der Waals surface area contributed by atoms with Gasteiger partial charge in [-0.2, -0.15) is 0 Å². The van der Waals surface area contributed by atoms with E-state index in [4.69, 9.17) is 16.3 Å². The molecule has 3 nitrogen and oxygen atoms in total. The maximum Gasteiger partial charge on any atom is 0.227 e. The monoisotopic (exact) mass is 259 g/mol. The molecule has 1 amide bonds. The minimum Gasteiger partial charge on any atom is -0.491 e. The number of anilines is 1. The highest BCUT2D eigenvalue weighted by Crippen LogP contribution is 2.23. The van der Waals surface area contributed by atoms with Crippen molar-refractivity contribution >= 4 is 23.2 Å². The van der Waals surface area contributed by atoms with Crippen LogP contribution in [0.2, 0.25) is 0 Å². The fraction of sp³-hybridized carbons (Fsp3) is 0.417. The van der Waals surface area contributed by atoms with Crippen LogP contribution in [0.5, 0.6) is 5.75 Å². The zero-order chi connectivity index (χ0) is 12.8. The molecule has 5 heteroatoms. The summed E-state index contributed by atoms with van der Waals surface area (Å²) in [4.78, 5) is 12.9. The number of carbonyl (C=O) groups is 1. The Morgan fingerprint density at radius 3 is 2.76 bits per heavy atom. The number of hydrogen-bond acceptors (Lipinski definition) is 2. The van der Waals surface area contributed by atoms with E-state index in [1.807, 2.05) is 0 Å². The number of amides is 1. The van der Waals surface area contributed by atoms with Crippen LogP contribution in [0, 0.1) is 5.82 Å². The van der Waals surface area contributed by atoms with Gasteiger partial charge in [-0.1, -0.05) is 0 Å². The molecule has 0 bridgehead atoms. The third-order valence-electron chi connectivity index (χ3n) is 2.29. The number of benzene rings is 1. The van der Waals surface area contributed by atoms with E-state index in [-0.39, 0.29) is 24.0 Å². The van der Waals surface area contributed by atoms with Crippen LogP contribution in [0.4, 0.5) is 10.1 Å². The molecule has 0 fully saturated rings.